The molecule has 5 rings (SSSR count). The molecule has 0 aliphatic carbocycles. The van der Waals surface area contributed by atoms with Crippen LogP contribution in [0, 0.1) is 0 Å². The lowest BCUT2D eigenvalue weighted by Crippen LogP contribution is -2.13. The standard InChI is InChI=1S/C20H14Cl2N6O/c21-13-2-1-3-14(22)17(13)18-25-15-5-4-11(10-16(15)26-18)19-27-28-20(29-19)24-12-6-8-23-9-7-12/h1-10,18,25-26H,(H,23,24,28). The summed E-state index contributed by atoms with van der Waals surface area (Å²) >= 11 is 12.7. The molecule has 0 fully saturated rings. The number of rotatable bonds is 4. The quantitative estimate of drug-likeness (QED) is 0.386. The minimum Gasteiger partial charge on any atom is -0.403 e. The summed E-state index contributed by atoms with van der Waals surface area (Å²) in [6.45, 7) is 0. The average Bonchev–Trinajstić information content (AvgIpc) is 3.35. The van der Waals surface area contributed by atoms with E-state index in [1.807, 2.05) is 48.5 Å². The first-order valence-corrected chi connectivity index (χ1v) is 9.55. The number of fused-ring (bicyclic) bond motifs is 1. The highest BCUT2D eigenvalue weighted by atomic mass is 35.5. The van der Waals surface area contributed by atoms with E-state index in [9.17, 15) is 0 Å². The van der Waals surface area contributed by atoms with Gasteiger partial charge in [-0.1, -0.05) is 34.4 Å². The summed E-state index contributed by atoms with van der Waals surface area (Å²) in [7, 11) is 0. The lowest BCUT2D eigenvalue weighted by molar-refractivity contribution is 0.587. The topological polar surface area (TPSA) is 87.9 Å². The van der Waals surface area contributed by atoms with Gasteiger partial charge in [-0.2, -0.15) is 0 Å². The zero-order valence-corrected chi connectivity index (χ0v) is 16.4. The van der Waals surface area contributed by atoms with Crippen LogP contribution in [0.3, 0.4) is 0 Å². The molecule has 1 unspecified atom stereocenters. The second kappa shape index (κ2) is 7.27. The largest absolute Gasteiger partial charge is 0.403 e. The van der Waals surface area contributed by atoms with E-state index < -0.39 is 0 Å². The van der Waals surface area contributed by atoms with Gasteiger partial charge in [-0.15, -0.1) is 5.10 Å². The highest BCUT2D eigenvalue weighted by Gasteiger charge is 2.25. The molecule has 2 aromatic carbocycles. The Balaban J connectivity index is 1.38. The number of anilines is 4. The Labute approximate surface area is 176 Å². The zero-order valence-electron chi connectivity index (χ0n) is 14.9. The van der Waals surface area contributed by atoms with Crippen molar-refractivity contribution in [2.75, 3.05) is 16.0 Å². The second-order valence-corrected chi connectivity index (χ2v) is 7.21. The van der Waals surface area contributed by atoms with Gasteiger partial charge in [0, 0.05) is 39.3 Å². The van der Waals surface area contributed by atoms with Gasteiger partial charge in [0.15, 0.2) is 0 Å². The second-order valence-electron chi connectivity index (χ2n) is 6.39. The molecule has 0 saturated carbocycles. The van der Waals surface area contributed by atoms with E-state index in [1.165, 1.54) is 0 Å². The molecule has 1 aliphatic rings. The number of pyridine rings is 1. The summed E-state index contributed by atoms with van der Waals surface area (Å²) in [5, 5.41) is 19.2. The highest BCUT2D eigenvalue weighted by molar-refractivity contribution is 6.36. The van der Waals surface area contributed by atoms with Gasteiger partial charge in [-0.3, -0.25) is 4.98 Å². The lowest BCUT2D eigenvalue weighted by Gasteiger charge is -2.16. The Kier molecular flexibility index (Phi) is 4.46. The first-order chi connectivity index (χ1) is 14.2. The van der Waals surface area contributed by atoms with E-state index >= 15 is 0 Å². The van der Waals surface area contributed by atoms with Gasteiger partial charge >= 0.3 is 6.01 Å². The van der Waals surface area contributed by atoms with Gasteiger partial charge in [-0.25, -0.2) is 0 Å². The van der Waals surface area contributed by atoms with E-state index in [0.29, 0.717) is 22.0 Å². The first-order valence-electron chi connectivity index (χ1n) is 8.79. The Bertz CT molecular complexity index is 1160. The van der Waals surface area contributed by atoms with Crippen molar-refractivity contribution in [2.45, 2.75) is 6.17 Å². The Morgan fingerprint density at radius 3 is 2.45 bits per heavy atom. The SMILES string of the molecule is Clc1cccc(Cl)c1C1Nc2ccc(-c3nnc(Nc4ccncc4)o3)cc2N1. The fourth-order valence-corrected chi connectivity index (χ4v) is 3.77. The number of benzene rings is 2. The molecule has 4 aromatic rings. The Hall–Kier alpha value is -3.29. The van der Waals surface area contributed by atoms with Crippen LogP contribution in [0.25, 0.3) is 11.5 Å². The van der Waals surface area contributed by atoms with E-state index in [2.05, 4.69) is 31.1 Å². The van der Waals surface area contributed by atoms with Gasteiger partial charge in [-0.05, 0) is 42.5 Å². The predicted octanol–water partition coefficient (Wildman–Crippen LogP) is 5.72. The molecular formula is C20H14Cl2N6O. The zero-order chi connectivity index (χ0) is 19.8. The molecule has 3 heterocycles. The number of aromatic nitrogens is 3. The molecule has 3 N–H and O–H groups in total. The molecule has 9 heteroatoms. The molecule has 29 heavy (non-hydrogen) atoms. The smallest absolute Gasteiger partial charge is 0.320 e. The molecule has 7 nitrogen and oxygen atoms in total. The molecule has 0 bridgehead atoms. The fourth-order valence-electron chi connectivity index (χ4n) is 3.15. The number of hydrogen-bond acceptors (Lipinski definition) is 7. The van der Waals surface area contributed by atoms with E-state index in [4.69, 9.17) is 27.6 Å². The predicted molar refractivity (Wildman–Crippen MR) is 114 cm³/mol. The van der Waals surface area contributed by atoms with Crippen LogP contribution in [-0.4, -0.2) is 15.2 Å². The maximum atomic E-state index is 6.34. The maximum Gasteiger partial charge on any atom is 0.320 e. The summed E-state index contributed by atoms with van der Waals surface area (Å²) in [6.07, 6.45) is 3.13. The van der Waals surface area contributed by atoms with Gasteiger partial charge in [0.05, 0.1) is 11.4 Å². The van der Waals surface area contributed by atoms with Gasteiger partial charge in [0.1, 0.15) is 6.17 Å². The normalized spacial score (nSPS) is 14.8. The Morgan fingerprint density at radius 2 is 1.66 bits per heavy atom. The van der Waals surface area contributed by atoms with Gasteiger partial charge in [0.25, 0.3) is 0 Å². The summed E-state index contributed by atoms with van der Waals surface area (Å²) < 4.78 is 5.74. The van der Waals surface area contributed by atoms with E-state index in [1.54, 1.807) is 12.4 Å². The minimum absolute atomic E-state index is 0.229. The number of hydrogen-bond donors (Lipinski definition) is 3. The van der Waals surface area contributed by atoms with Crippen LogP contribution < -0.4 is 16.0 Å². The van der Waals surface area contributed by atoms with Crippen LogP contribution in [-0.2, 0) is 0 Å². The average molecular weight is 425 g/mol. The number of nitrogens with zero attached hydrogens (tertiary/aromatic N) is 3. The van der Waals surface area contributed by atoms with Crippen molar-refractivity contribution in [3.8, 4) is 11.5 Å². The summed E-state index contributed by atoms with van der Waals surface area (Å²) in [5.74, 6) is 0.408. The van der Waals surface area contributed by atoms with Crippen molar-refractivity contribution in [1.29, 1.82) is 0 Å². The van der Waals surface area contributed by atoms with E-state index in [0.717, 1.165) is 28.2 Å². The molecule has 1 atom stereocenters. The molecular weight excluding hydrogens is 411 g/mol. The molecule has 0 spiro atoms. The molecule has 2 aromatic heterocycles. The lowest BCUT2D eigenvalue weighted by atomic mass is 10.2. The number of halogens is 2. The minimum atomic E-state index is -0.229. The third-order valence-electron chi connectivity index (χ3n) is 4.51. The van der Waals surface area contributed by atoms with Crippen molar-refractivity contribution in [2.24, 2.45) is 0 Å². The van der Waals surface area contributed by atoms with Gasteiger partial charge in [0.2, 0.25) is 5.89 Å². The Morgan fingerprint density at radius 1 is 0.897 bits per heavy atom. The maximum absolute atomic E-state index is 6.34. The fraction of sp³-hybridized carbons (Fsp3) is 0.0500. The van der Waals surface area contributed by atoms with Gasteiger partial charge < -0.3 is 20.4 Å². The molecule has 144 valence electrons. The third-order valence-corrected chi connectivity index (χ3v) is 5.17. The van der Waals surface area contributed by atoms with E-state index in [-0.39, 0.29) is 6.17 Å². The number of nitrogens with one attached hydrogen (secondary N) is 3. The first kappa shape index (κ1) is 17.8. The molecule has 1 aliphatic heterocycles. The highest BCUT2D eigenvalue weighted by Crippen LogP contribution is 2.41. The van der Waals surface area contributed by atoms with Crippen LogP contribution in [0.5, 0.6) is 0 Å². The summed E-state index contributed by atoms with van der Waals surface area (Å²) in [5.41, 5.74) is 4.23. The van der Waals surface area contributed by atoms with Crippen molar-refractivity contribution in [1.82, 2.24) is 15.2 Å². The van der Waals surface area contributed by atoms with Crippen LogP contribution >= 0.6 is 23.2 Å². The summed E-state index contributed by atoms with van der Waals surface area (Å²) in [4.78, 5) is 3.98. The molecule has 0 saturated heterocycles. The van der Waals surface area contributed by atoms with Crippen molar-refractivity contribution in [3.63, 3.8) is 0 Å². The molecule has 0 radical (unpaired) electrons. The van der Waals surface area contributed by atoms with Crippen LogP contribution in [0.4, 0.5) is 23.1 Å². The molecule has 0 amide bonds. The van der Waals surface area contributed by atoms with Crippen molar-refractivity contribution in [3.05, 3.63) is 76.5 Å². The van der Waals surface area contributed by atoms with Crippen LogP contribution in [0.2, 0.25) is 10.0 Å². The van der Waals surface area contributed by atoms with Crippen molar-refractivity contribution < 1.29 is 4.42 Å². The third kappa shape index (κ3) is 3.46. The van der Waals surface area contributed by atoms with Crippen LogP contribution in [0.15, 0.2) is 65.3 Å². The van der Waals surface area contributed by atoms with Crippen LogP contribution in [0.1, 0.15) is 11.7 Å². The summed E-state index contributed by atoms with van der Waals surface area (Å²) in [6, 6.07) is 15.2. The van der Waals surface area contributed by atoms with Crippen molar-refractivity contribution >= 4 is 46.3 Å². The monoisotopic (exact) mass is 424 g/mol.